The van der Waals surface area contributed by atoms with Crippen LogP contribution in [-0.4, -0.2) is 103 Å². The Bertz CT molecular complexity index is 1860. The van der Waals surface area contributed by atoms with Gasteiger partial charge in [-0.05, 0) is 59.4 Å². The maximum absolute atomic E-state index is 14.4. The van der Waals surface area contributed by atoms with Gasteiger partial charge in [-0.3, -0.25) is 19.2 Å². The molecule has 11 nitrogen and oxygen atoms in total. The van der Waals surface area contributed by atoms with Crippen molar-refractivity contribution in [3.8, 4) is 11.1 Å². The van der Waals surface area contributed by atoms with Crippen molar-refractivity contribution in [2.24, 2.45) is 23.7 Å². The second-order valence-electron chi connectivity index (χ2n) is 17.2. The van der Waals surface area contributed by atoms with E-state index in [0.29, 0.717) is 18.5 Å². The van der Waals surface area contributed by atoms with E-state index in [2.05, 4.69) is 36.5 Å². The highest BCUT2D eigenvalue weighted by Crippen LogP contribution is 2.44. The lowest BCUT2D eigenvalue weighted by molar-refractivity contribution is -0.153. The minimum absolute atomic E-state index is 0.0235. The fourth-order valence-electron chi connectivity index (χ4n) is 9.40. The van der Waals surface area contributed by atoms with Crippen molar-refractivity contribution in [2.45, 2.75) is 116 Å². The minimum atomic E-state index is -0.883. The quantitative estimate of drug-likeness (QED) is 0.115. The molecule has 1 aliphatic carbocycles. The molecular weight excluding hydrogens is 759 g/mol. The van der Waals surface area contributed by atoms with Crippen molar-refractivity contribution in [3.63, 3.8) is 0 Å². The van der Waals surface area contributed by atoms with Gasteiger partial charge in [0.15, 0.2) is 0 Å². The Hall–Kier alpha value is -4.58. The Morgan fingerprint density at radius 2 is 1.45 bits per heavy atom. The fraction of sp³-hybridized carbons (Fsp3) is 0.551. The molecule has 0 saturated carbocycles. The fourth-order valence-corrected chi connectivity index (χ4v) is 9.40. The molecule has 2 N–H and O–H groups in total. The van der Waals surface area contributed by atoms with Crippen LogP contribution in [0, 0.1) is 23.7 Å². The Morgan fingerprint density at radius 1 is 0.850 bits per heavy atom. The number of hydrogen-bond donors (Lipinski definition) is 2. The second-order valence-corrected chi connectivity index (χ2v) is 17.2. The number of fused-ring (bicyclic) bond motifs is 3. The van der Waals surface area contributed by atoms with Crippen molar-refractivity contribution in [3.05, 3.63) is 95.6 Å². The Morgan fingerprint density at radius 3 is 2.02 bits per heavy atom. The molecule has 0 spiro atoms. The maximum Gasteiger partial charge on any atom is 0.306 e. The molecule has 1 fully saturated rings. The molecule has 60 heavy (non-hydrogen) atoms. The van der Waals surface area contributed by atoms with Crippen LogP contribution < -0.4 is 5.32 Å². The number of aliphatic hydroxyl groups excluding tert-OH is 1. The summed E-state index contributed by atoms with van der Waals surface area (Å²) >= 11 is 0. The third-order valence-electron chi connectivity index (χ3n) is 13.1. The number of hydrogen-bond acceptors (Lipinski definition) is 8. The number of carbonyl (C=O) groups excluding carboxylic acids is 4. The Kier molecular flexibility index (Phi) is 16.5. The predicted octanol–water partition coefficient (Wildman–Crippen LogP) is 7.16. The van der Waals surface area contributed by atoms with Crippen LogP contribution in [0.15, 0.2) is 78.9 Å². The monoisotopic (exact) mass is 825 g/mol. The van der Waals surface area contributed by atoms with E-state index in [0.717, 1.165) is 35.1 Å². The number of methoxy groups -OCH3 is 2. The van der Waals surface area contributed by atoms with Crippen molar-refractivity contribution in [2.75, 3.05) is 34.4 Å². The van der Waals surface area contributed by atoms with E-state index in [1.54, 1.807) is 44.9 Å². The van der Waals surface area contributed by atoms with Crippen LogP contribution in [0.1, 0.15) is 102 Å². The first-order chi connectivity index (χ1) is 28.7. The highest BCUT2D eigenvalue weighted by Gasteiger charge is 2.43. The summed E-state index contributed by atoms with van der Waals surface area (Å²) in [6.45, 7) is 12.2. The maximum atomic E-state index is 14.4. The first kappa shape index (κ1) is 46.5. The van der Waals surface area contributed by atoms with Crippen LogP contribution in [0.3, 0.4) is 0 Å². The summed E-state index contributed by atoms with van der Waals surface area (Å²) in [4.78, 5) is 59.3. The van der Waals surface area contributed by atoms with E-state index in [1.165, 1.54) is 0 Å². The topological polar surface area (TPSA) is 135 Å². The van der Waals surface area contributed by atoms with Crippen LogP contribution in [-0.2, 0) is 33.4 Å². The number of esters is 1. The normalized spacial score (nSPS) is 19.0. The lowest BCUT2D eigenvalue weighted by Crippen LogP contribution is -2.54. The summed E-state index contributed by atoms with van der Waals surface area (Å²) in [5.41, 5.74) is 5.26. The molecule has 3 aromatic carbocycles. The molecule has 0 aromatic heterocycles. The number of nitrogens with zero attached hydrogens (tertiary/aromatic N) is 2. The molecule has 326 valence electrons. The van der Waals surface area contributed by atoms with Crippen molar-refractivity contribution < 1.29 is 38.5 Å². The molecule has 1 saturated heterocycles. The van der Waals surface area contributed by atoms with E-state index in [-0.39, 0.29) is 61.0 Å². The molecule has 1 aliphatic heterocycles. The van der Waals surface area contributed by atoms with Gasteiger partial charge in [0.1, 0.15) is 6.61 Å². The summed E-state index contributed by atoms with van der Waals surface area (Å²) < 4.78 is 18.0. The number of likely N-dealkylation sites (tertiary alicyclic amines) is 1. The molecule has 0 bridgehead atoms. The van der Waals surface area contributed by atoms with E-state index in [9.17, 15) is 24.3 Å². The molecular formula is C49H67N3O8. The number of aliphatic hydroxyl groups is 1. The second kappa shape index (κ2) is 21.3. The van der Waals surface area contributed by atoms with Crippen molar-refractivity contribution in [1.82, 2.24) is 15.1 Å². The number of rotatable bonds is 20. The number of likely N-dealkylation sites (N-methyl/N-ethyl adjacent to an activating group) is 1. The zero-order valence-electron chi connectivity index (χ0n) is 37.0. The Labute approximate surface area is 357 Å². The van der Waals surface area contributed by atoms with E-state index < -0.39 is 48.2 Å². The third kappa shape index (κ3) is 10.5. The van der Waals surface area contributed by atoms with Gasteiger partial charge >= 0.3 is 5.97 Å². The summed E-state index contributed by atoms with van der Waals surface area (Å²) in [6.07, 6.45) is 0.0125. The van der Waals surface area contributed by atoms with Gasteiger partial charge in [0.2, 0.25) is 17.7 Å². The molecule has 0 unspecified atom stereocenters. The Balaban J connectivity index is 1.24. The van der Waals surface area contributed by atoms with Gasteiger partial charge in [-0.1, -0.05) is 120 Å². The minimum Gasteiger partial charge on any atom is -0.465 e. The van der Waals surface area contributed by atoms with Gasteiger partial charge < -0.3 is 34.4 Å². The van der Waals surface area contributed by atoms with Gasteiger partial charge in [-0.15, -0.1) is 0 Å². The van der Waals surface area contributed by atoms with E-state index >= 15 is 0 Å². The first-order valence-electron chi connectivity index (χ1n) is 21.7. The highest BCUT2D eigenvalue weighted by atomic mass is 16.5. The van der Waals surface area contributed by atoms with Gasteiger partial charge in [0.05, 0.1) is 61.1 Å². The number of amides is 3. The highest BCUT2D eigenvalue weighted by molar-refractivity contribution is 5.85. The van der Waals surface area contributed by atoms with E-state index in [1.807, 2.05) is 75.4 Å². The molecule has 3 amide bonds. The number of carbonyl (C=O) groups is 4. The average Bonchev–Trinajstić information content (AvgIpc) is 3.87. The lowest BCUT2D eigenvalue weighted by Gasteiger charge is -2.40. The van der Waals surface area contributed by atoms with Crippen molar-refractivity contribution in [1.29, 1.82) is 0 Å². The summed E-state index contributed by atoms with van der Waals surface area (Å²) in [6, 6.07) is 24.2. The summed E-state index contributed by atoms with van der Waals surface area (Å²) in [7, 11) is 4.88. The third-order valence-corrected chi connectivity index (χ3v) is 13.1. The van der Waals surface area contributed by atoms with Crippen LogP contribution >= 0.6 is 0 Å². The van der Waals surface area contributed by atoms with Gasteiger partial charge in [-0.25, -0.2) is 0 Å². The average molecular weight is 826 g/mol. The molecule has 0 radical (unpaired) electrons. The SMILES string of the molecule is CC[C@H](C)[C@@H]([C@@H](CC(=O)N1CCC[C@H]1[C@H](OC)[C@@H](C)C(=O)N[C@H](C)[C@@H](O)c1ccccc1)OC)N(C)C(=O)[C@@H](CC(=O)OCC1c2ccccc2-c2ccccc21)C(C)C. The predicted molar refractivity (Wildman–Crippen MR) is 233 cm³/mol. The van der Waals surface area contributed by atoms with Crippen molar-refractivity contribution >= 4 is 23.7 Å². The standard InChI is InChI=1S/C49H67N3O8/c1-10-31(4)45(51(7)49(57)39(30(2)3)27-44(54)60-29-40-37-23-16-14-21-35(37)36-22-15-17-24-38(36)40)42(58-8)28-43(53)52-26-18-25-41(52)47(59-9)32(5)48(56)50-33(6)46(55)34-19-12-11-13-20-34/h11-17,19-24,30-33,39-42,45-47,55H,10,18,25-29H2,1-9H3,(H,50,56)/t31-,32+,33+,39-,41-,42+,45-,46+,47+/m0/s1. The largest absolute Gasteiger partial charge is 0.465 e. The summed E-state index contributed by atoms with van der Waals surface area (Å²) in [5, 5.41) is 13.8. The lowest BCUT2D eigenvalue weighted by atomic mass is 9.86. The molecule has 1 heterocycles. The van der Waals surface area contributed by atoms with Gasteiger partial charge in [0.25, 0.3) is 0 Å². The molecule has 2 aliphatic rings. The zero-order chi connectivity index (χ0) is 43.7. The molecule has 9 atom stereocenters. The van der Waals surface area contributed by atoms with Crippen LogP contribution in [0.2, 0.25) is 0 Å². The first-order valence-corrected chi connectivity index (χ1v) is 21.7. The molecule has 3 aromatic rings. The number of nitrogens with one attached hydrogen (secondary N) is 1. The van der Waals surface area contributed by atoms with E-state index in [4.69, 9.17) is 14.2 Å². The zero-order valence-corrected chi connectivity index (χ0v) is 37.0. The van der Waals surface area contributed by atoms with Crippen LogP contribution in [0.25, 0.3) is 11.1 Å². The smallest absolute Gasteiger partial charge is 0.306 e. The number of benzene rings is 3. The summed E-state index contributed by atoms with van der Waals surface area (Å²) in [5.74, 6) is -2.54. The number of ether oxygens (including phenoxy) is 3. The molecule has 5 rings (SSSR count). The van der Waals surface area contributed by atoms with Crippen LogP contribution in [0.5, 0.6) is 0 Å². The van der Waals surface area contributed by atoms with Gasteiger partial charge in [-0.2, -0.15) is 0 Å². The van der Waals surface area contributed by atoms with Gasteiger partial charge in [0, 0.05) is 33.7 Å². The molecule has 11 heteroatoms. The van der Waals surface area contributed by atoms with Crippen LogP contribution in [0.4, 0.5) is 0 Å².